The maximum absolute atomic E-state index is 10.7. The van der Waals surface area contributed by atoms with Gasteiger partial charge in [-0.25, -0.2) is 9.97 Å². The quantitative estimate of drug-likeness (QED) is 0.665. The fourth-order valence-electron chi connectivity index (χ4n) is 1.47. The van der Waals surface area contributed by atoms with Crippen LogP contribution in [0.2, 0.25) is 0 Å². The van der Waals surface area contributed by atoms with Gasteiger partial charge in [-0.05, 0) is 29.0 Å². The molecule has 0 atom stereocenters. The van der Waals surface area contributed by atoms with Crippen molar-refractivity contribution in [3.63, 3.8) is 0 Å². The number of hydrogen-bond acceptors (Lipinski definition) is 6. The first-order valence-corrected chi connectivity index (χ1v) is 6.47. The molecular formula is C12H11BrN4O3. The highest BCUT2D eigenvalue weighted by atomic mass is 79.9. The summed E-state index contributed by atoms with van der Waals surface area (Å²) < 4.78 is 6.03. The van der Waals surface area contributed by atoms with Gasteiger partial charge in [-0.3, -0.25) is 10.1 Å². The number of ether oxygens (including phenoxy) is 1. The molecule has 0 saturated carbocycles. The van der Waals surface area contributed by atoms with Gasteiger partial charge < -0.3 is 10.1 Å². The fraction of sp³-hybridized carbons (Fsp3) is 0.167. The van der Waals surface area contributed by atoms with Gasteiger partial charge in [0.05, 0.1) is 15.5 Å². The summed E-state index contributed by atoms with van der Waals surface area (Å²) in [5.41, 5.74) is 0.855. The van der Waals surface area contributed by atoms with E-state index in [4.69, 9.17) is 4.74 Å². The number of nitrogens with one attached hydrogen (secondary N) is 1. The summed E-state index contributed by atoms with van der Waals surface area (Å²) in [6.45, 7) is 0.654. The Balaban J connectivity index is 2.20. The third-order valence-corrected chi connectivity index (χ3v) is 3.04. The highest BCUT2D eigenvalue weighted by Gasteiger charge is 2.12. The van der Waals surface area contributed by atoms with E-state index in [1.165, 1.54) is 12.1 Å². The minimum atomic E-state index is -0.490. The van der Waals surface area contributed by atoms with Crippen LogP contribution in [0.15, 0.2) is 35.1 Å². The van der Waals surface area contributed by atoms with E-state index in [0.717, 1.165) is 5.56 Å². The average molecular weight is 339 g/mol. The molecule has 0 radical (unpaired) electrons. The lowest BCUT2D eigenvalue weighted by Gasteiger charge is -2.06. The molecule has 7 nitrogen and oxygen atoms in total. The second-order valence-electron chi connectivity index (χ2n) is 3.88. The maximum Gasteiger partial charge on any atom is 0.321 e. The molecule has 2 aromatic rings. The molecule has 0 bridgehead atoms. The number of hydrogen-bond donors (Lipinski definition) is 1. The summed E-state index contributed by atoms with van der Waals surface area (Å²) in [4.78, 5) is 18.3. The molecule has 1 aromatic heterocycles. The standard InChI is InChI=1S/C12H11BrN4O3/c1-14-5-8-6-15-12(16-7-8)20-11-4-9(17(18)19)2-3-10(11)13/h2-4,6-7,14H,5H2,1H3. The van der Waals surface area contributed by atoms with Gasteiger partial charge in [-0.2, -0.15) is 0 Å². The van der Waals surface area contributed by atoms with Crippen LogP contribution in [0.4, 0.5) is 5.69 Å². The predicted octanol–water partition coefficient (Wildman–Crippen LogP) is 2.66. The molecular weight excluding hydrogens is 328 g/mol. The number of nitro benzene ring substituents is 1. The lowest BCUT2D eigenvalue weighted by molar-refractivity contribution is -0.384. The topological polar surface area (TPSA) is 90.2 Å². The molecule has 2 rings (SSSR count). The number of non-ortho nitro benzene ring substituents is 1. The molecule has 0 spiro atoms. The van der Waals surface area contributed by atoms with E-state index in [1.807, 2.05) is 7.05 Å². The summed E-state index contributed by atoms with van der Waals surface area (Å²) in [5.74, 6) is 0.292. The van der Waals surface area contributed by atoms with Crippen molar-refractivity contribution in [3.8, 4) is 11.8 Å². The van der Waals surface area contributed by atoms with Crippen molar-refractivity contribution < 1.29 is 9.66 Å². The molecule has 0 fully saturated rings. The largest absolute Gasteiger partial charge is 0.423 e. The third kappa shape index (κ3) is 3.49. The van der Waals surface area contributed by atoms with Gasteiger partial charge in [0.1, 0.15) is 0 Å². The number of rotatable bonds is 5. The van der Waals surface area contributed by atoms with Gasteiger partial charge in [-0.15, -0.1) is 0 Å². The van der Waals surface area contributed by atoms with Crippen LogP contribution in [0.1, 0.15) is 5.56 Å². The van der Waals surface area contributed by atoms with E-state index in [1.54, 1.807) is 18.5 Å². The fourth-order valence-corrected chi connectivity index (χ4v) is 1.80. The summed E-state index contributed by atoms with van der Waals surface area (Å²) >= 11 is 3.26. The Bertz CT molecular complexity index is 619. The minimum Gasteiger partial charge on any atom is -0.423 e. The zero-order chi connectivity index (χ0) is 14.5. The van der Waals surface area contributed by atoms with Crippen molar-refractivity contribution in [2.75, 3.05) is 7.05 Å². The summed E-state index contributed by atoms with van der Waals surface area (Å²) in [6, 6.07) is 4.37. The lowest BCUT2D eigenvalue weighted by atomic mass is 10.3. The Hall–Kier alpha value is -2.06. The molecule has 1 heterocycles. The highest BCUT2D eigenvalue weighted by Crippen LogP contribution is 2.31. The van der Waals surface area contributed by atoms with Crippen molar-refractivity contribution in [2.45, 2.75) is 6.54 Å². The normalized spacial score (nSPS) is 10.3. The molecule has 0 saturated heterocycles. The molecule has 1 N–H and O–H groups in total. The maximum atomic E-state index is 10.7. The van der Waals surface area contributed by atoms with Crippen LogP contribution in [0.3, 0.4) is 0 Å². The van der Waals surface area contributed by atoms with Gasteiger partial charge in [0.15, 0.2) is 5.75 Å². The molecule has 20 heavy (non-hydrogen) atoms. The van der Waals surface area contributed by atoms with Crippen LogP contribution < -0.4 is 10.1 Å². The van der Waals surface area contributed by atoms with E-state index in [9.17, 15) is 10.1 Å². The van der Waals surface area contributed by atoms with Crippen LogP contribution >= 0.6 is 15.9 Å². The average Bonchev–Trinajstić information content (AvgIpc) is 2.43. The molecule has 1 aromatic carbocycles. The summed E-state index contributed by atoms with van der Waals surface area (Å²) in [5, 5.41) is 13.7. The van der Waals surface area contributed by atoms with E-state index >= 15 is 0 Å². The molecule has 0 amide bonds. The number of aromatic nitrogens is 2. The van der Waals surface area contributed by atoms with Gasteiger partial charge >= 0.3 is 6.01 Å². The Morgan fingerprint density at radius 2 is 2.10 bits per heavy atom. The van der Waals surface area contributed by atoms with Crippen LogP contribution in [0.5, 0.6) is 11.8 Å². The van der Waals surface area contributed by atoms with Crippen molar-refractivity contribution in [1.29, 1.82) is 0 Å². The first-order valence-electron chi connectivity index (χ1n) is 5.67. The molecule has 0 aliphatic heterocycles. The predicted molar refractivity (Wildman–Crippen MR) is 75.7 cm³/mol. The van der Waals surface area contributed by atoms with Crippen LogP contribution in [-0.2, 0) is 6.54 Å². The molecule has 8 heteroatoms. The first-order chi connectivity index (χ1) is 9.60. The van der Waals surface area contributed by atoms with E-state index in [2.05, 4.69) is 31.2 Å². The van der Waals surface area contributed by atoms with E-state index in [0.29, 0.717) is 16.8 Å². The van der Waals surface area contributed by atoms with Crippen molar-refractivity contribution in [2.24, 2.45) is 0 Å². The van der Waals surface area contributed by atoms with Crippen LogP contribution in [0.25, 0.3) is 0 Å². The lowest BCUT2D eigenvalue weighted by Crippen LogP contribution is -2.06. The Morgan fingerprint density at radius 1 is 1.40 bits per heavy atom. The number of benzene rings is 1. The second kappa shape index (κ2) is 6.40. The van der Waals surface area contributed by atoms with Gasteiger partial charge in [0.25, 0.3) is 5.69 Å². The Morgan fingerprint density at radius 3 is 2.70 bits per heavy atom. The van der Waals surface area contributed by atoms with Crippen LogP contribution in [0, 0.1) is 10.1 Å². The first kappa shape index (κ1) is 14.4. The molecule has 0 aliphatic carbocycles. The summed E-state index contributed by atoms with van der Waals surface area (Å²) in [7, 11) is 1.82. The Labute approximate surface area is 123 Å². The van der Waals surface area contributed by atoms with E-state index < -0.39 is 4.92 Å². The van der Waals surface area contributed by atoms with Crippen molar-refractivity contribution in [3.05, 3.63) is 50.7 Å². The van der Waals surface area contributed by atoms with Gasteiger partial charge in [0, 0.05) is 30.6 Å². The van der Waals surface area contributed by atoms with Crippen LogP contribution in [-0.4, -0.2) is 21.9 Å². The molecule has 0 unspecified atom stereocenters. The number of nitro groups is 1. The smallest absolute Gasteiger partial charge is 0.321 e. The SMILES string of the molecule is CNCc1cnc(Oc2cc([N+](=O)[O-])ccc2Br)nc1. The number of halogens is 1. The monoisotopic (exact) mass is 338 g/mol. The zero-order valence-electron chi connectivity index (χ0n) is 10.5. The minimum absolute atomic E-state index is 0.0602. The third-order valence-electron chi connectivity index (χ3n) is 2.39. The van der Waals surface area contributed by atoms with E-state index in [-0.39, 0.29) is 11.7 Å². The second-order valence-corrected chi connectivity index (χ2v) is 4.73. The Kier molecular flexibility index (Phi) is 4.59. The number of nitrogens with zero attached hydrogens (tertiary/aromatic N) is 3. The molecule has 104 valence electrons. The summed E-state index contributed by atoms with van der Waals surface area (Å²) in [6.07, 6.45) is 3.26. The van der Waals surface area contributed by atoms with Gasteiger partial charge in [0.2, 0.25) is 0 Å². The van der Waals surface area contributed by atoms with Crippen molar-refractivity contribution >= 4 is 21.6 Å². The van der Waals surface area contributed by atoms with Crippen molar-refractivity contribution in [1.82, 2.24) is 15.3 Å². The zero-order valence-corrected chi connectivity index (χ0v) is 12.1. The highest BCUT2D eigenvalue weighted by molar-refractivity contribution is 9.10. The van der Waals surface area contributed by atoms with Gasteiger partial charge in [-0.1, -0.05) is 0 Å². The molecule has 0 aliphatic rings.